The van der Waals surface area contributed by atoms with Gasteiger partial charge in [0.25, 0.3) is 0 Å². The van der Waals surface area contributed by atoms with Gasteiger partial charge in [0.15, 0.2) is 0 Å². The van der Waals surface area contributed by atoms with Crippen molar-refractivity contribution >= 4 is 5.97 Å². The summed E-state index contributed by atoms with van der Waals surface area (Å²) in [5, 5.41) is 0. The van der Waals surface area contributed by atoms with E-state index >= 15 is 0 Å². The van der Waals surface area contributed by atoms with Gasteiger partial charge >= 0.3 is 5.97 Å². The van der Waals surface area contributed by atoms with Gasteiger partial charge in [-0.25, -0.2) is 0 Å². The third kappa shape index (κ3) is 3.95. The van der Waals surface area contributed by atoms with E-state index in [1.807, 2.05) is 0 Å². The Morgan fingerprint density at radius 3 is 2.16 bits per heavy atom. The third-order valence-corrected chi connectivity index (χ3v) is 5.06. The molecule has 2 aliphatic carbocycles. The minimum atomic E-state index is -0.370. The summed E-state index contributed by atoms with van der Waals surface area (Å²) in [4.78, 5) is 12.4. The molecule has 2 N–H and O–H groups in total. The van der Waals surface area contributed by atoms with Crippen LogP contribution in [0.2, 0.25) is 0 Å². The van der Waals surface area contributed by atoms with Gasteiger partial charge in [0.05, 0.1) is 12.0 Å². The van der Waals surface area contributed by atoms with E-state index in [4.69, 9.17) is 10.5 Å². The second kappa shape index (κ2) is 7.28. The molecule has 2 saturated carbocycles. The van der Waals surface area contributed by atoms with Crippen molar-refractivity contribution in [3.05, 3.63) is 0 Å². The van der Waals surface area contributed by atoms with Crippen LogP contribution in [0, 0.1) is 11.3 Å². The molecule has 0 saturated heterocycles. The topological polar surface area (TPSA) is 52.3 Å². The predicted molar refractivity (Wildman–Crippen MR) is 76.7 cm³/mol. The molecule has 2 rings (SSSR count). The lowest BCUT2D eigenvalue weighted by atomic mass is 9.80. The molecule has 0 atom stereocenters. The molecule has 3 heteroatoms. The van der Waals surface area contributed by atoms with Gasteiger partial charge in [0, 0.05) is 6.54 Å². The summed E-state index contributed by atoms with van der Waals surface area (Å²) in [7, 11) is 0. The van der Waals surface area contributed by atoms with Gasteiger partial charge in [-0.05, 0) is 31.6 Å². The fourth-order valence-electron chi connectivity index (χ4n) is 3.60. The fourth-order valence-corrected chi connectivity index (χ4v) is 3.60. The Morgan fingerprint density at radius 2 is 1.58 bits per heavy atom. The maximum absolute atomic E-state index is 12.4. The number of hydrogen-bond donors (Lipinski definition) is 1. The molecule has 110 valence electrons. The van der Waals surface area contributed by atoms with Crippen LogP contribution in [0.25, 0.3) is 0 Å². The van der Waals surface area contributed by atoms with Crippen molar-refractivity contribution in [2.75, 3.05) is 13.2 Å². The number of carbonyl (C=O) groups excluding carboxylic acids is 1. The molecule has 0 aliphatic heterocycles. The molecule has 0 aromatic rings. The first-order chi connectivity index (χ1) is 9.27. The van der Waals surface area contributed by atoms with E-state index in [9.17, 15) is 4.79 Å². The van der Waals surface area contributed by atoms with Gasteiger partial charge in [-0.15, -0.1) is 0 Å². The van der Waals surface area contributed by atoms with Crippen molar-refractivity contribution in [3.8, 4) is 0 Å². The minimum absolute atomic E-state index is 0.0116. The van der Waals surface area contributed by atoms with E-state index < -0.39 is 0 Å². The highest BCUT2D eigenvalue weighted by atomic mass is 16.5. The van der Waals surface area contributed by atoms with Crippen molar-refractivity contribution in [1.29, 1.82) is 0 Å². The van der Waals surface area contributed by atoms with Crippen LogP contribution in [0.3, 0.4) is 0 Å². The summed E-state index contributed by atoms with van der Waals surface area (Å²) < 4.78 is 5.65. The lowest BCUT2D eigenvalue weighted by Gasteiger charge is -2.30. The van der Waals surface area contributed by atoms with Crippen molar-refractivity contribution in [2.45, 2.75) is 70.6 Å². The van der Waals surface area contributed by atoms with Crippen LogP contribution in [0.5, 0.6) is 0 Å². The van der Waals surface area contributed by atoms with E-state index in [0.717, 1.165) is 25.7 Å². The molecule has 0 unspecified atom stereocenters. The normalized spacial score (nSPS) is 24.7. The van der Waals surface area contributed by atoms with Gasteiger partial charge in [0.2, 0.25) is 0 Å². The zero-order valence-electron chi connectivity index (χ0n) is 12.2. The number of carbonyl (C=O) groups is 1. The fraction of sp³-hybridized carbons (Fsp3) is 0.938. The monoisotopic (exact) mass is 267 g/mol. The Balaban J connectivity index is 1.84. The average Bonchev–Trinajstić information content (AvgIpc) is 2.72. The molecular formula is C16H29NO2. The highest BCUT2D eigenvalue weighted by molar-refractivity contribution is 5.77. The van der Waals surface area contributed by atoms with Crippen molar-refractivity contribution < 1.29 is 9.53 Å². The minimum Gasteiger partial charge on any atom is -0.465 e. The average molecular weight is 267 g/mol. The molecule has 2 aliphatic rings. The Hall–Kier alpha value is -0.570. The van der Waals surface area contributed by atoms with Gasteiger partial charge < -0.3 is 10.5 Å². The lowest BCUT2D eigenvalue weighted by Crippen LogP contribution is -2.40. The van der Waals surface area contributed by atoms with Crippen LogP contribution in [-0.2, 0) is 9.53 Å². The summed E-state index contributed by atoms with van der Waals surface area (Å²) in [5.41, 5.74) is 5.55. The zero-order chi connectivity index (χ0) is 13.6. The summed E-state index contributed by atoms with van der Waals surface area (Å²) in [6.45, 7) is 1.08. The van der Waals surface area contributed by atoms with E-state index in [1.54, 1.807) is 0 Å². The Labute approximate surface area is 117 Å². The first-order valence-electron chi connectivity index (χ1n) is 8.14. The molecule has 0 aromatic heterocycles. The van der Waals surface area contributed by atoms with Crippen LogP contribution in [0.1, 0.15) is 70.6 Å². The molecule has 2 fully saturated rings. The SMILES string of the molecule is NCC1(C(=O)OCC2CCCCC2)CCCCCC1. The summed E-state index contributed by atoms with van der Waals surface area (Å²) >= 11 is 0. The van der Waals surface area contributed by atoms with Crippen molar-refractivity contribution in [1.82, 2.24) is 0 Å². The van der Waals surface area contributed by atoms with Crippen LogP contribution in [-0.4, -0.2) is 19.1 Å². The predicted octanol–water partition coefficient (Wildman–Crippen LogP) is 3.41. The maximum atomic E-state index is 12.4. The highest BCUT2D eigenvalue weighted by Crippen LogP contribution is 2.36. The van der Waals surface area contributed by atoms with Crippen LogP contribution < -0.4 is 5.73 Å². The first-order valence-corrected chi connectivity index (χ1v) is 8.14. The van der Waals surface area contributed by atoms with Gasteiger partial charge in [-0.1, -0.05) is 44.9 Å². The molecule has 19 heavy (non-hydrogen) atoms. The van der Waals surface area contributed by atoms with E-state index in [0.29, 0.717) is 19.1 Å². The second-order valence-corrected chi connectivity index (χ2v) is 6.50. The summed E-state index contributed by atoms with van der Waals surface area (Å²) in [6, 6.07) is 0. The molecule has 0 aromatic carbocycles. The highest BCUT2D eigenvalue weighted by Gasteiger charge is 2.39. The maximum Gasteiger partial charge on any atom is 0.313 e. The summed E-state index contributed by atoms with van der Waals surface area (Å²) in [6.07, 6.45) is 12.9. The van der Waals surface area contributed by atoms with Crippen molar-refractivity contribution in [2.24, 2.45) is 17.1 Å². The molecule has 0 heterocycles. The smallest absolute Gasteiger partial charge is 0.313 e. The standard InChI is InChI=1S/C16H29NO2/c17-13-16(10-6-1-2-7-11-16)15(18)19-12-14-8-4-3-5-9-14/h14H,1-13,17H2. The van der Waals surface area contributed by atoms with Crippen LogP contribution in [0.15, 0.2) is 0 Å². The molecule has 0 radical (unpaired) electrons. The number of rotatable bonds is 4. The largest absolute Gasteiger partial charge is 0.465 e. The van der Waals surface area contributed by atoms with E-state index in [2.05, 4.69) is 0 Å². The zero-order valence-corrected chi connectivity index (χ0v) is 12.2. The Morgan fingerprint density at radius 1 is 1.00 bits per heavy atom. The quantitative estimate of drug-likeness (QED) is 0.627. The molecular weight excluding hydrogens is 238 g/mol. The molecule has 3 nitrogen and oxygen atoms in total. The number of ether oxygens (including phenoxy) is 1. The Bertz CT molecular complexity index is 276. The molecule has 0 amide bonds. The first kappa shape index (κ1) is 14.8. The third-order valence-electron chi connectivity index (χ3n) is 5.06. The van der Waals surface area contributed by atoms with Crippen LogP contribution >= 0.6 is 0 Å². The Kier molecular flexibility index (Phi) is 5.68. The number of esters is 1. The van der Waals surface area contributed by atoms with Gasteiger partial charge in [0.1, 0.15) is 0 Å². The second-order valence-electron chi connectivity index (χ2n) is 6.50. The van der Waals surface area contributed by atoms with E-state index in [-0.39, 0.29) is 11.4 Å². The molecule has 0 spiro atoms. The van der Waals surface area contributed by atoms with Gasteiger partial charge in [-0.2, -0.15) is 0 Å². The van der Waals surface area contributed by atoms with E-state index in [1.165, 1.54) is 44.9 Å². The summed E-state index contributed by atoms with van der Waals surface area (Å²) in [5.74, 6) is 0.584. The number of nitrogens with two attached hydrogens (primary N) is 1. The lowest BCUT2D eigenvalue weighted by molar-refractivity contribution is -0.158. The number of hydrogen-bond acceptors (Lipinski definition) is 3. The molecule has 0 bridgehead atoms. The van der Waals surface area contributed by atoms with Crippen molar-refractivity contribution in [3.63, 3.8) is 0 Å². The van der Waals surface area contributed by atoms with Gasteiger partial charge in [-0.3, -0.25) is 4.79 Å². The van der Waals surface area contributed by atoms with Crippen LogP contribution in [0.4, 0.5) is 0 Å².